The summed E-state index contributed by atoms with van der Waals surface area (Å²) < 4.78 is 6.09. The van der Waals surface area contributed by atoms with Crippen LogP contribution in [0.2, 0.25) is 0 Å². The van der Waals surface area contributed by atoms with E-state index in [1.54, 1.807) is 18.4 Å². The number of methoxy groups -OCH3 is 1. The lowest BCUT2D eigenvalue weighted by Gasteiger charge is -2.03. The van der Waals surface area contributed by atoms with Gasteiger partial charge in [-0.1, -0.05) is 0 Å². The smallest absolute Gasteiger partial charge is 0.0795 e. The molecule has 0 radical (unpaired) electrons. The molecular weight excluding hydrogens is 302 g/mol. The molecule has 0 saturated heterocycles. The zero-order chi connectivity index (χ0) is 12.1. The van der Waals surface area contributed by atoms with Gasteiger partial charge in [-0.2, -0.15) is 5.10 Å². The molecule has 2 aromatic heterocycles. The van der Waals surface area contributed by atoms with Crippen molar-refractivity contribution in [1.82, 2.24) is 15.5 Å². The van der Waals surface area contributed by atoms with Crippen molar-refractivity contribution in [2.45, 2.75) is 6.54 Å². The maximum absolute atomic E-state index is 4.99. The number of aromatic amines is 1. The van der Waals surface area contributed by atoms with Crippen LogP contribution in [0.1, 0.15) is 5.56 Å². The highest BCUT2D eigenvalue weighted by Gasteiger charge is 2.09. The first kappa shape index (κ1) is 12.8. The van der Waals surface area contributed by atoms with E-state index in [1.165, 1.54) is 10.4 Å². The minimum Gasteiger partial charge on any atom is -0.383 e. The van der Waals surface area contributed by atoms with Crippen molar-refractivity contribution >= 4 is 27.3 Å². The van der Waals surface area contributed by atoms with Gasteiger partial charge in [0.05, 0.1) is 23.4 Å². The third-order valence-electron chi connectivity index (χ3n) is 2.33. The zero-order valence-electron chi connectivity index (χ0n) is 9.50. The van der Waals surface area contributed by atoms with E-state index in [9.17, 15) is 0 Å². The Morgan fingerprint density at radius 2 is 2.47 bits per heavy atom. The molecule has 2 aromatic rings. The summed E-state index contributed by atoms with van der Waals surface area (Å²) in [5.74, 6) is 0. The summed E-state index contributed by atoms with van der Waals surface area (Å²) in [5, 5.41) is 12.5. The van der Waals surface area contributed by atoms with Crippen molar-refractivity contribution in [3.8, 4) is 10.6 Å². The summed E-state index contributed by atoms with van der Waals surface area (Å²) in [6, 6.07) is 2.09. The minimum absolute atomic E-state index is 0.720. The number of hydrogen-bond donors (Lipinski definition) is 2. The van der Waals surface area contributed by atoms with E-state index in [-0.39, 0.29) is 0 Å². The number of halogens is 1. The Kier molecular flexibility index (Phi) is 4.73. The fraction of sp³-hybridized carbons (Fsp3) is 0.364. The Morgan fingerprint density at radius 1 is 1.59 bits per heavy atom. The maximum Gasteiger partial charge on any atom is 0.0795 e. The van der Waals surface area contributed by atoms with Gasteiger partial charge in [0.1, 0.15) is 0 Å². The topological polar surface area (TPSA) is 49.9 Å². The Morgan fingerprint density at radius 3 is 3.18 bits per heavy atom. The Labute approximate surface area is 113 Å². The van der Waals surface area contributed by atoms with E-state index < -0.39 is 0 Å². The molecule has 2 heterocycles. The number of hydrogen-bond acceptors (Lipinski definition) is 4. The third-order valence-corrected chi connectivity index (χ3v) is 4.04. The molecule has 0 aliphatic rings. The largest absolute Gasteiger partial charge is 0.383 e. The van der Waals surface area contributed by atoms with Crippen molar-refractivity contribution in [3.05, 3.63) is 27.7 Å². The van der Waals surface area contributed by atoms with Gasteiger partial charge in [-0.3, -0.25) is 5.10 Å². The summed E-state index contributed by atoms with van der Waals surface area (Å²) in [7, 11) is 1.70. The molecule has 0 spiro atoms. The summed E-state index contributed by atoms with van der Waals surface area (Å²) in [6.07, 6.45) is 1.86. The molecule has 0 amide bonds. The van der Waals surface area contributed by atoms with Gasteiger partial charge in [0.15, 0.2) is 0 Å². The summed E-state index contributed by atoms with van der Waals surface area (Å²) in [4.78, 5) is 1.19. The van der Waals surface area contributed by atoms with Crippen molar-refractivity contribution in [2.24, 2.45) is 0 Å². The predicted octanol–water partition coefficient (Wildman–Crippen LogP) is 2.64. The highest BCUT2D eigenvalue weighted by Crippen LogP contribution is 2.30. The van der Waals surface area contributed by atoms with Gasteiger partial charge in [0.25, 0.3) is 0 Å². The molecule has 92 valence electrons. The fourth-order valence-corrected chi connectivity index (χ4v) is 2.96. The van der Waals surface area contributed by atoms with Crippen molar-refractivity contribution in [3.63, 3.8) is 0 Å². The van der Waals surface area contributed by atoms with Crippen LogP contribution < -0.4 is 5.32 Å². The lowest BCUT2D eigenvalue weighted by atomic mass is 10.2. The third kappa shape index (κ3) is 3.38. The molecule has 0 saturated carbocycles. The standard InChI is InChI=1S/C11H14BrN3OS/c1-16-3-2-13-5-8-6-14-15-11(8)10-4-9(12)7-17-10/h4,6-7,13H,2-3,5H2,1H3,(H,14,15). The molecule has 2 rings (SSSR count). The van der Waals surface area contributed by atoms with Gasteiger partial charge in [0.2, 0.25) is 0 Å². The lowest BCUT2D eigenvalue weighted by Crippen LogP contribution is -2.18. The second kappa shape index (κ2) is 6.30. The van der Waals surface area contributed by atoms with Crippen LogP contribution in [0, 0.1) is 0 Å². The van der Waals surface area contributed by atoms with Crippen LogP contribution in [-0.2, 0) is 11.3 Å². The van der Waals surface area contributed by atoms with Gasteiger partial charge in [-0.15, -0.1) is 11.3 Å². The predicted molar refractivity (Wildman–Crippen MR) is 73.2 cm³/mol. The maximum atomic E-state index is 4.99. The summed E-state index contributed by atoms with van der Waals surface area (Å²) in [5.41, 5.74) is 2.26. The van der Waals surface area contributed by atoms with Gasteiger partial charge >= 0.3 is 0 Å². The molecule has 0 unspecified atom stereocenters. The first-order valence-corrected chi connectivity index (χ1v) is 6.95. The van der Waals surface area contributed by atoms with Crippen molar-refractivity contribution < 1.29 is 4.74 Å². The van der Waals surface area contributed by atoms with Crippen LogP contribution >= 0.6 is 27.3 Å². The van der Waals surface area contributed by atoms with E-state index in [1.807, 2.05) is 6.20 Å². The molecule has 0 aliphatic heterocycles. The van der Waals surface area contributed by atoms with Gasteiger partial charge < -0.3 is 10.1 Å². The first-order valence-electron chi connectivity index (χ1n) is 5.27. The van der Waals surface area contributed by atoms with Crippen molar-refractivity contribution in [2.75, 3.05) is 20.3 Å². The van der Waals surface area contributed by atoms with Crippen LogP contribution in [0.3, 0.4) is 0 Å². The number of aromatic nitrogens is 2. The highest BCUT2D eigenvalue weighted by molar-refractivity contribution is 9.10. The molecule has 4 nitrogen and oxygen atoms in total. The average molecular weight is 316 g/mol. The second-order valence-electron chi connectivity index (χ2n) is 3.57. The van der Waals surface area contributed by atoms with E-state index in [4.69, 9.17) is 4.74 Å². The number of nitrogens with one attached hydrogen (secondary N) is 2. The molecule has 0 atom stereocenters. The van der Waals surface area contributed by atoms with E-state index in [0.29, 0.717) is 0 Å². The van der Waals surface area contributed by atoms with Gasteiger partial charge in [0, 0.05) is 35.6 Å². The second-order valence-corrected chi connectivity index (χ2v) is 5.40. The number of rotatable bonds is 6. The number of nitrogens with zero attached hydrogens (tertiary/aromatic N) is 1. The molecule has 0 fully saturated rings. The van der Waals surface area contributed by atoms with E-state index >= 15 is 0 Å². The first-order chi connectivity index (χ1) is 8.31. The van der Waals surface area contributed by atoms with E-state index in [0.717, 1.165) is 29.9 Å². The average Bonchev–Trinajstić information content (AvgIpc) is 2.93. The minimum atomic E-state index is 0.720. The molecular formula is C11H14BrN3OS. The van der Waals surface area contributed by atoms with Crippen LogP contribution in [0.4, 0.5) is 0 Å². The van der Waals surface area contributed by atoms with Gasteiger partial charge in [-0.25, -0.2) is 0 Å². The van der Waals surface area contributed by atoms with E-state index in [2.05, 4.69) is 42.9 Å². The summed E-state index contributed by atoms with van der Waals surface area (Å²) >= 11 is 5.15. The molecule has 0 aliphatic carbocycles. The van der Waals surface area contributed by atoms with Crippen LogP contribution in [0.25, 0.3) is 10.6 Å². The molecule has 17 heavy (non-hydrogen) atoms. The van der Waals surface area contributed by atoms with Crippen LogP contribution in [0.15, 0.2) is 22.1 Å². The monoisotopic (exact) mass is 315 g/mol. The molecule has 6 heteroatoms. The molecule has 2 N–H and O–H groups in total. The molecule has 0 bridgehead atoms. The number of thiophene rings is 1. The Hall–Kier alpha value is -0.690. The quantitative estimate of drug-likeness (QED) is 0.806. The van der Waals surface area contributed by atoms with Crippen LogP contribution in [0.5, 0.6) is 0 Å². The number of ether oxygens (including phenoxy) is 1. The Balaban J connectivity index is 2.02. The zero-order valence-corrected chi connectivity index (χ0v) is 11.9. The van der Waals surface area contributed by atoms with Crippen LogP contribution in [-0.4, -0.2) is 30.5 Å². The normalized spacial score (nSPS) is 10.9. The van der Waals surface area contributed by atoms with Crippen molar-refractivity contribution in [1.29, 1.82) is 0 Å². The van der Waals surface area contributed by atoms with Gasteiger partial charge in [-0.05, 0) is 22.0 Å². The number of H-pyrrole nitrogens is 1. The summed E-state index contributed by atoms with van der Waals surface area (Å²) in [6.45, 7) is 2.36. The molecule has 0 aromatic carbocycles. The lowest BCUT2D eigenvalue weighted by molar-refractivity contribution is 0.199. The highest BCUT2D eigenvalue weighted by atomic mass is 79.9. The fourth-order valence-electron chi connectivity index (χ4n) is 1.50. The SMILES string of the molecule is COCCNCc1cn[nH]c1-c1cc(Br)cs1. The Bertz CT molecular complexity index is 469.